The largest absolute Gasteiger partial charge is 0.343 e. The molecule has 1 heterocycles. The molecule has 2 fully saturated rings. The fourth-order valence-electron chi connectivity index (χ4n) is 3.60. The Morgan fingerprint density at radius 2 is 1.90 bits per heavy atom. The Bertz CT molecular complexity index is 576. The second kappa shape index (κ2) is 5.17. The van der Waals surface area contributed by atoms with Crippen LogP contribution >= 0.6 is 0 Å². The van der Waals surface area contributed by atoms with Crippen molar-refractivity contribution < 1.29 is 9.59 Å². The van der Waals surface area contributed by atoms with Gasteiger partial charge in [0.2, 0.25) is 11.8 Å². The Kier molecular flexibility index (Phi) is 3.47. The van der Waals surface area contributed by atoms with Crippen molar-refractivity contribution in [2.75, 3.05) is 0 Å². The van der Waals surface area contributed by atoms with Gasteiger partial charge in [0, 0.05) is 6.54 Å². The van der Waals surface area contributed by atoms with E-state index in [2.05, 4.69) is 18.3 Å². The first-order valence-corrected chi connectivity index (χ1v) is 7.71. The molecule has 4 nitrogen and oxygen atoms in total. The van der Waals surface area contributed by atoms with Crippen molar-refractivity contribution in [2.24, 2.45) is 0 Å². The maximum atomic E-state index is 12.7. The van der Waals surface area contributed by atoms with Gasteiger partial charge in [-0.05, 0) is 37.8 Å². The number of carbonyl (C=O) groups is 2. The summed E-state index contributed by atoms with van der Waals surface area (Å²) >= 11 is 0. The van der Waals surface area contributed by atoms with Crippen molar-refractivity contribution in [2.45, 2.75) is 57.7 Å². The zero-order valence-electron chi connectivity index (χ0n) is 12.7. The smallest absolute Gasteiger partial charge is 0.246 e. The summed E-state index contributed by atoms with van der Waals surface area (Å²) in [6.07, 6.45) is 3.59. The number of aryl methyl sites for hydroxylation is 1. The van der Waals surface area contributed by atoms with Gasteiger partial charge in [-0.25, -0.2) is 0 Å². The summed E-state index contributed by atoms with van der Waals surface area (Å²) in [5.74, 6) is 0.0698. The summed E-state index contributed by atoms with van der Waals surface area (Å²) in [7, 11) is 0. The molecule has 2 amide bonds. The Balaban J connectivity index is 1.97. The Morgan fingerprint density at radius 1 is 1.24 bits per heavy atom. The lowest BCUT2D eigenvalue weighted by Crippen LogP contribution is -2.68. The number of hydrogen-bond acceptors (Lipinski definition) is 2. The molecule has 1 aromatic carbocycles. The average molecular weight is 286 g/mol. The molecule has 1 aliphatic carbocycles. The number of nitrogens with one attached hydrogen (secondary N) is 1. The van der Waals surface area contributed by atoms with Crippen LogP contribution < -0.4 is 5.32 Å². The molecule has 1 aromatic rings. The fourth-order valence-corrected chi connectivity index (χ4v) is 3.60. The molecule has 0 radical (unpaired) electrons. The van der Waals surface area contributed by atoms with Gasteiger partial charge in [0.25, 0.3) is 0 Å². The van der Waals surface area contributed by atoms with E-state index in [0.717, 1.165) is 36.8 Å². The van der Waals surface area contributed by atoms with Gasteiger partial charge in [0.05, 0.1) is 0 Å². The molecule has 0 aromatic heterocycles. The second-order valence-corrected chi connectivity index (χ2v) is 6.28. The number of benzene rings is 1. The summed E-state index contributed by atoms with van der Waals surface area (Å²) in [5, 5.41) is 2.86. The van der Waals surface area contributed by atoms with Gasteiger partial charge < -0.3 is 10.2 Å². The molecule has 1 spiro atoms. The zero-order valence-corrected chi connectivity index (χ0v) is 12.7. The van der Waals surface area contributed by atoms with Crippen LogP contribution in [0.1, 0.15) is 43.7 Å². The normalized spacial score (nSPS) is 24.5. The maximum Gasteiger partial charge on any atom is 0.246 e. The summed E-state index contributed by atoms with van der Waals surface area (Å²) < 4.78 is 0. The van der Waals surface area contributed by atoms with Crippen LogP contribution in [0.2, 0.25) is 0 Å². The molecule has 21 heavy (non-hydrogen) atoms. The van der Waals surface area contributed by atoms with Crippen LogP contribution in [-0.2, 0) is 16.1 Å². The topological polar surface area (TPSA) is 49.4 Å². The molecule has 2 aliphatic rings. The van der Waals surface area contributed by atoms with E-state index in [-0.39, 0.29) is 11.8 Å². The highest BCUT2D eigenvalue weighted by atomic mass is 16.2. The van der Waals surface area contributed by atoms with E-state index >= 15 is 0 Å². The maximum absolute atomic E-state index is 12.7. The average Bonchev–Trinajstić information content (AvgIpc) is 2.94. The van der Waals surface area contributed by atoms with Crippen molar-refractivity contribution in [1.29, 1.82) is 0 Å². The van der Waals surface area contributed by atoms with E-state index in [1.165, 1.54) is 0 Å². The van der Waals surface area contributed by atoms with Crippen LogP contribution in [0.5, 0.6) is 0 Å². The third-order valence-corrected chi connectivity index (χ3v) is 4.94. The van der Waals surface area contributed by atoms with E-state index < -0.39 is 11.6 Å². The van der Waals surface area contributed by atoms with Crippen molar-refractivity contribution in [3.05, 3.63) is 35.4 Å². The Labute approximate surface area is 125 Å². The van der Waals surface area contributed by atoms with Gasteiger partial charge >= 0.3 is 0 Å². The van der Waals surface area contributed by atoms with Gasteiger partial charge in [0.15, 0.2) is 0 Å². The van der Waals surface area contributed by atoms with Crippen LogP contribution in [0.15, 0.2) is 24.3 Å². The Morgan fingerprint density at radius 3 is 2.57 bits per heavy atom. The minimum absolute atomic E-state index is 0.0284. The quantitative estimate of drug-likeness (QED) is 0.905. The summed E-state index contributed by atoms with van der Waals surface area (Å²) in [6, 6.07) is 7.66. The third-order valence-electron chi connectivity index (χ3n) is 4.94. The van der Waals surface area contributed by atoms with Gasteiger partial charge in [-0.15, -0.1) is 0 Å². The number of hydrogen-bond donors (Lipinski definition) is 1. The molecule has 0 bridgehead atoms. The lowest BCUT2D eigenvalue weighted by molar-refractivity contribution is -0.157. The second-order valence-electron chi connectivity index (χ2n) is 6.28. The molecule has 1 N–H and O–H groups in total. The van der Waals surface area contributed by atoms with E-state index in [0.29, 0.717) is 6.54 Å². The van der Waals surface area contributed by atoms with Gasteiger partial charge in [0.1, 0.15) is 11.6 Å². The first-order chi connectivity index (χ1) is 10.0. The number of nitrogens with zero attached hydrogens (tertiary/aromatic N) is 1. The minimum atomic E-state index is -0.619. The van der Waals surface area contributed by atoms with Crippen LogP contribution in [0, 0.1) is 6.92 Å². The zero-order chi connectivity index (χ0) is 15.0. The summed E-state index contributed by atoms with van der Waals surface area (Å²) in [5.41, 5.74) is 1.67. The van der Waals surface area contributed by atoms with Gasteiger partial charge in [-0.2, -0.15) is 0 Å². The minimum Gasteiger partial charge on any atom is -0.343 e. The molecule has 1 unspecified atom stereocenters. The molecular formula is C17H22N2O2. The Hall–Kier alpha value is -1.84. The first-order valence-electron chi connectivity index (χ1n) is 7.71. The molecule has 1 aliphatic heterocycles. The lowest BCUT2D eigenvalue weighted by Gasteiger charge is -2.46. The third kappa shape index (κ3) is 2.23. The first kappa shape index (κ1) is 14.1. The van der Waals surface area contributed by atoms with E-state index in [4.69, 9.17) is 0 Å². The monoisotopic (exact) mass is 286 g/mol. The SMILES string of the molecule is Cc1ccccc1CN1C(=O)C(C)NC(=O)C12CCCC2. The van der Waals surface area contributed by atoms with Gasteiger partial charge in [-0.1, -0.05) is 37.1 Å². The van der Waals surface area contributed by atoms with Crippen molar-refractivity contribution >= 4 is 11.8 Å². The molecule has 1 saturated heterocycles. The highest BCUT2D eigenvalue weighted by Crippen LogP contribution is 2.39. The van der Waals surface area contributed by atoms with Crippen LogP contribution in [0.3, 0.4) is 0 Å². The van der Waals surface area contributed by atoms with Crippen molar-refractivity contribution in [3.8, 4) is 0 Å². The number of amides is 2. The molecule has 1 atom stereocenters. The summed E-state index contributed by atoms with van der Waals surface area (Å²) in [6.45, 7) is 4.35. The van der Waals surface area contributed by atoms with Crippen molar-refractivity contribution in [3.63, 3.8) is 0 Å². The van der Waals surface area contributed by atoms with Gasteiger partial charge in [-0.3, -0.25) is 9.59 Å². The number of rotatable bonds is 2. The number of piperazine rings is 1. The fraction of sp³-hybridized carbons (Fsp3) is 0.529. The molecule has 112 valence electrons. The molecule has 3 rings (SSSR count). The van der Waals surface area contributed by atoms with Crippen LogP contribution in [0.4, 0.5) is 0 Å². The summed E-state index contributed by atoms with van der Waals surface area (Å²) in [4.78, 5) is 27.1. The highest BCUT2D eigenvalue weighted by Gasteiger charge is 2.52. The standard InChI is InChI=1S/C17H22N2O2/c1-12-7-3-4-8-14(12)11-19-15(20)13(2)18-16(21)17(19)9-5-6-10-17/h3-4,7-8,13H,5-6,9-11H2,1-2H3,(H,18,21). The predicted octanol–water partition coefficient (Wildman–Crippen LogP) is 2.15. The number of carbonyl (C=O) groups excluding carboxylic acids is 2. The van der Waals surface area contributed by atoms with Crippen LogP contribution in [-0.4, -0.2) is 28.3 Å². The van der Waals surface area contributed by atoms with E-state index in [1.807, 2.05) is 23.1 Å². The lowest BCUT2D eigenvalue weighted by atomic mass is 9.89. The molecule has 1 saturated carbocycles. The molecular weight excluding hydrogens is 264 g/mol. The van der Waals surface area contributed by atoms with E-state index in [1.54, 1.807) is 6.92 Å². The predicted molar refractivity (Wildman–Crippen MR) is 80.5 cm³/mol. The van der Waals surface area contributed by atoms with Crippen LogP contribution in [0.25, 0.3) is 0 Å². The van der Waals surface area contributed by atoms with E-state index in [9.17, 15) is 9.59 Å². The highest BCUT2D eigenvalue weighted by molar-refractivity contribution is 5.99. The van der Waals surface area contributed by atoms with Crippen molar-refractivity contribution in [1.82, 2.24) is 10.2 Å². The molecule has 4 heteroatoms.